The minimum atomic E-state index is -0.342. The number of hydrogen-bond acceptors (Lipinski definition) is 6. The van der Waals surface area contributed by atoms with Gasteiger partial charge in [-0.2, -0.15) is 5.10 Å². The molecule has 134 valence electrons. The third-order valence-corrected chi connectivity index (χ3v) is 5.35. The summed E-state index contributed by atoms with van der Waals surface area (Å²) in [6.45, 7) is -0.169. The highest BCUT2D eigenvalue weighted by molar-refractivity contribution is 7.15. The van der Waals surface area contributed by atoms with Crippen molar-refractivity contribution < 1.29 is 9.21 Å². The normalized spacial score (nSPS) is 13.8. The average Bonchev–Trinajstić information content (AvgIpc) is 3.23. The van der Waals surface area contributed by atoms with E-state index in [1.54, 1.807) is 18.2 Å². The Hall–Kier alpha value is -2.74. The number of aryl methyl sites for hydroxylation is 2. The summed E-state index contributed by atoms with van der Waals surface area (Å²) in [5.41, 5.74) is 1.26. The molecule has 0 radical (unpaired) electrons. The Morgan fingerprint density at radius 3 is 2.96 bits per heavy atom. The summed E-state index contributed by atoms with van der Waals surface area (Å²) in [5.74, 6) is 0.225. The molecule has 1 aliphatic carbocycles. The molecular weight excluding hydrogens is 352 g/mol. The first-order valence-electron chi connectivity index (χ1n) is 8.59. The van der Waals surface area contributed by atoms with Crippen molar-refractivity contribution in [3.05, 3.63) is 51.5 Å². The highest BCUT2D eigenvalue weighted by Gasteiger charge is 2.16. The molecule has 1 amide bonds. The minimum Gasteiger partial charge on any atom is -0.463 e. The maximum Gasteiger partial charge on any atom is 0.267 e. The number of nitrogens with zero attached hydrogens (tertiary/aromatic N) is 3. The molecule has 0 spiro atoms. The standard InChI is InChI=1S/C18H18N4O3S/c23-16(20-18-19-13-5-2-1-3-7-15(13)26-18)11-22-17(24)9-8-12(21-22)14-6-4-10-25-14/h4,6,8-10H,1-3,5,7,11H2,(H,19,20,23). The summed E-state index contributed by atoms with van der Waals surface area (Å²) in [6.07, 6.45) is 7.06. The van der Waals surface area contributed by atoms with E-state index in [4.69, 9.17) is 4.42 Å². The van der Waals surface area contributed by atoms with E-state index >= 15 is 0 Å². The van der Waals surface area contributed by atoms with Crippen molar-refractivity contribution in [1.82, 2.24) is 14.8 Å². The number of rotatable bonds is 4. The summed E-state index contributed by atoms with van der Waals surface area (Å²) in [4.78, 5) is 30.1. The van der Waals surface area contributed by atoms with E-state index in [1.807, 2.05) is 0 Å². The number of fused-ring (bicyclic) bond motifs is 1. The molecule has 0 bridgehead atoms. The van der Waals surface area contributed by atoms with Crippen LogP contribution in [0.3, 0.4) is 0 Å². The predicted molar refractivity (Wildman–Crippen MR) is 98.2 cm³/mol. The van der Waals surface area contributed by atoms with Crippen LogP contribution in [0.25, 0.3) is 11.5 Å². The van der Waals surface area contributed by atoms with Gasteiger partial charge in [-0.15, -0.1) is 11.3 Å². The van der Waals surface area contributed by atoms with Gasteiger partial charge in [0.2, 0.25) is 5.91 Å². The van der Waals surface area contributed by atoms with E-state index in [-0.39, 0.29) is 18.0 Å². The topological polar surface area (TPSA) is 90.0 Å². The van der Waals surface area contributed by atoms with Crippen molar-refractivity contribution in [2.24, 2.45) is 0 Å². The molecule has 7 nitrogen and oxygen atoms in total. The number of amides is 1. The Bertz CT molecular complexity index is 951. The lowest BCUT2D eigenvalue weighted by atomic mass is 10.2. The Labute approximate surface area is 153 Å². The van der Waals surface area contributed by atoms with Crippen LogP contribution in [0.1, 0.15) is 29.8 Å². The van der Waals surface area contributed by atoms with Crippen LogP contribution in [0.15, 0.2) is 39.7 Å². The van der Waals surface area contributed by atoms with Gasteiger partial charge in [0.15, 0.2) is 10.9 Å². The molecule has 0 aromatic carbocycles. The van der Waals surface area contributed by atoms with E-state index < -0.39 is 0 Å². The molecule has 0 aliphatic heterocycles. The second-order valence-electron chi connectivity index (χ2n) is 6.19. The van der Waals surface area contributed by atoms with Crippen LogP contribution in [0.5, 0.6) is 0 Å². The molecule has 0 atom stereocenters. The SMILES string of the molecule is O=C(Cn1nc(-c2ccco2)ccc1=O)Nc1nc2c(s1)CCCCC2. The average molecular weight is 370 g/mol. The smallest absolute Gasteiger partial charge is 0.267 e. The third-order valence-electron chi connectivity index (χ3n) is 4.28. The molecule has 26 heavy (non-hydrogen) atoms. The van der Waals surface area contributed by atoms with Crippen LogP contribution in [0.2, 0.25) is 0 Å². The molecule has 0 unspecified atom stereocenters. The van der Waals surface area contributed by atoms with E-state index in [2.05, 4.69) is 15.4 Å². The lowest BCUT2D eigenvalue weighted by Crippen LogP contribution is -2.29. The zero-order valence-corrected chi connectivity index (χ0v) is 14.9. The fourth-order valence-electron chi connectivity index (χ4n) is 2.99. The van der Waals surface area contributed by atoms with Crippen molar-refractivity contribution >= 4 is 22.4 Å². The van der Waals surface area contributed by atoms with Gasteiger partial charge in [-0.1, -0.05) is 6.42 Å². The molecule has 3 aromatic heterocycles. The highest BCUT2D eigenvalue weighted by Crippen LogP contribution is 2.28. The van der Waals surface area contributed by atoms with Crippen molar-refractivity contribution in [3.63, 3.8) is 0 Å². The van der Waals surface area contributed by atoms with Crippen LogP contribution in [0.4, 0.5) is 5.13 Å². The quantitative estimate of drug-likeness (QED) is 0.713. The lowest BCUT2D eigenvalue weighted by Gasteiger charge is -2.05. The molecule has 3 heterocycles. The zero-order chi connectivity index (χ0) is 17.9. The number of carbonyl (C=O) groups excluding carboxylic acids is 1. The van der Waals surface area contributed by atoms with Gasteiger partial charge in [0, 0.05) is 10.9 Å². The molecule has 4 rings (SSSR count). The van der Waals surface area contributed by atoms with Gasteiger partial charge in [0.25, 0.3) is 5.56 Å². The molecule has 0 fully saturated rings. The molecule has 8 heteroatoms. The van der Waals surface area contributed by atoms with E-state index in [0.29, 0.717) is 16.6 Å². The number of hydrogen-bond donors (Lipinski definition) is 1. The number of nitrogens with one attached hydrogen (secondary N) is 1. The van der Waals surface area contributed by atoms with Gasteiger partial charge in [0.1, 0.15) is 12.2 Å². The molecule has 1 N–H and O–H groups in total. The Morgan fingerprint density at radius 1 is 1.23 bits per heavy atom. The van der Waals surface area contributed by atoms with Crippen molar-refractivity contribution in [3.8, 4) is 11.5 Å². The maximum atomic E-state index is 12.3. The monoisotopic (exact) mass is 370 g/mol. The molecule has 3 aromatic rings. The van der Waals surface area contributed by atoms with E-state index in [9.17, 15) is 9.59 Å². The van der Waals surface area contributed by atoms with Crippen molar-refractivity contribution in [1.29, 1.82) is 0 Å². The summed E-state index contributed by atoms with van der Waals surface area (Å²) < 4.78 is 6.42. The number of anilines is 1. The van der Waals surface area contributed by atoms with Crippen LogP contribution in [-0.4, -0.2) is 20.7 Å². The summed E-state index contributed by atoms with van der Waals surface area (Å²) in [6, 6.07) is 6.45. The van der Waals surface area contributed by atoms with Gasteiger partial charge < -0.3 is 9.73 Å². The number of furan rings is 1. The summed E-state index contributed by atoms with van der Waals surface area (Å²) in [5, 5.41) is 7.60. The molecule has 0 saturated heterocycles. The van der Waals surface area contributed by atoms with E-state index in [0.717, 1.165) is 29.6 Å². The zero-order valence-electron chi connectivity index (χ0n) is 14.1. The first kappa shape index (κ1) is 16.7. The second kappa shape index (κ2) is 7.25. The highest BCUT2D eigenvalue weighted by atomic mass is 32.1. The Balaban J connectivity index is 1.48. The van der Waals surface area contributed by atoms with Crippen LogP contribution in [-0.2, 0) is 24.2 Å². The Kier molecular flexibility index (Phi) is 4.66. The summed E-state index contributed by atoms with van der Waals surface area (Å²) >= 11 is 1.53. The van der Waals surface area contributed by atoms with Gasteiger partial charge in [0.05, 0.1) is 12.0 Å². The third kappa shape index (κ3) is 3.60. The number of aromatic nitrogens is 3. The van der Waals surface area contributed by atoms with Crippen molar-refractivity contribution in [2.75, 3.05) is 5.32 Å². The Morgan fingerprint density at radius 2 is 2.12 bits per heavy atom. The maximum absolute atomic E-state index is 12.3. The molecule has 1 aliphatic rings. The van der Waals surface area contributed by atoms with Crippen LogP contribution >= 0.6 is 11.3 Å². The molecule has 0 saturated carbocycles. The van der Waals surface area contributed by atoms with E-state index in [1.165, 1.54) is 41.4 Å². The number of carbonyl (C=O) groups is 1. The summed E-state index contributed by atoms with van der Waals surface area (Å²) in [7, 11) is 0. The van der Waals surface area contributed by atoms with Gasteiger partial charge in [-0.3, -0.25) is 9.59 Å². The first-order chi connectivity index (χ1) is 12.7. The largest absolute Gasteiger partial charge is 0.463 e. The van der Waals surface area contributed by atoms with Gasteiger partial charge >= 0.3 is 0 Å². The van der Waals surface area contributed by atoms with Gasteiger partial charge in [-0.25, -0.2) is 9.67 Å². The lowest BCUT2D eigenvalue weighted by molar-refractivity contribution is -0.117. The minimum absolute atomic E-state index is 0.169. The molecular formula is C18H18N4O3S. The predicted octanol–water partition coefficient (Wildman–Crippen LogP) is 2.87. The number of thiazole rings is 1. The second-order valence-corrected chi connectivity index (χ2v) is 7.27. The van der Waals surface area contributed by atoms with Crippen LogP contribution < -0.4 is 10.9 Å². The fourth-order valence-corrected chi connectivity index (χ4v) is 4.06. The van der Waals surface area contributed by atoms with Crippen LogP contribution in [0, 0.1) is 0 Å². The van der Waals surface area contributed by atoms with Gasteiger partial charge in [-0.05, 0) is 43.9 Å². The first-order valence-corrected chi connectivity index (χ1v) is 9.41. The van der Waals surface area contributed by atoms with Crippen molar-refractivity contribution in [2.45, 2.75) is 38.6 Å². The fraction of sp³-hybridized carbons (Fsp3) is 0.333.